The van der Waals surface area contributed by atoms with Gasteiger partial charge in [-0.25, -0.2) is 33.2 Å². The van der Waals surface area contributed by atoms with E-state index < -0.39 is 23.9 Å². The lowest BCUT2D eigenvalue weighted by Gasteiger charge is -2.25. The number of carbonyl (C=O) groups excluding carboxylic acids is 3. The van der Waals surface area contributed by atoms with Crippen LogP contribution in [0.15, 0.2) is 340 Å². The Hall–Kier alpha value is -13.9. The van der Waals surface area contributed by atoms with E-state index in [0.29, 0.717) is 16.5 Å². The van der Waals surface area contributed by atoms with Crippen LogP contribution in [0.1, 0.15) is 64.8 Å². The lowest BCUT2D eigenvalue weighted by Crippen LogP contribution is -2.22. The van der Waals surface area contributed by atoms with Gasteiger partial charge in [0.25, 0.3) is 0 Å². The van der Waals surface area contributed by atoms with Crippen molar-refractivity contribution in [2.24, 2.45) is 0 Å². The third-order valence-corrected chi connectivity index (χ3v) is 18.1. The number of ether oxygens (including phenoxy) is 3. The zero-order valence-electron chi connectivity index (χ0n) is 59.2. The number of carboxylic acids is 1. The van der Waals surface area contributed by atoms with Gasteiger partial charge in [-0.2, -0.15) is 15.3 Å². The molecule has 530 valence electrons. The number of hydrogen-bond acceptors (Lipinski definition) is 13. The van der Waals surface area contributed by atoms with Gasteiger partial charge in [0.1, 0.15) is 6.61 Å². The zero-order valence-corrected chi connectivity index (χ0v) is 59.2. The largest absolute Gasteiger partial charge is 0.476 e. The lowest BCUT2D eigenvalue weighted by molar-refractivity contribution is -0.136. The predicted molar refractivity (Wildman–Crippen MR) is 421 cm³/mol. The first-order chi connectivity index (χ1) is 52.4. The van der Waals surface area contributed by atoms with Crippen LogP contribution in [-0.4, -0.2) is 79.2 Å². The van der Waals surface area contributed by atoms with Gasteiger partial charge >= 0.3 is 23.9 Å². The van der Waals surface area contributed by atoms with Gasteiger partial charge < -0.3 is 34.0 Å². The van der Waals surface area contributed by atoms with Crippen LogP contribution in [0.5, 0.6) is 0 Å². The van der Waals surface area contributed by atoms with Gasteiger partial charge in [0.05, 0.1) is 53.4 Å². The van der Waals surface area contributed by atoms with Crippen molar-refractivity contribution in [3.63, 3.8) is 0 Å². The van der Waals surface area contributed by atoms with Crippen molar-refractivity contribution in [2.45, 2.75) is 39.3 Å². The van der Waals surface area contributed by atoms with Gasteiger partial charge in [-0.3, -0.25) is 0 Å². The zero-order chi connectivity index (χ0) is 73.9. The fourth-order valence-electron chi connectivity index (χ4n) is 12.7. The number of fused-ring (bicyclic) bond motifs is 3. The summed E-state index contributed by atoms with van der Waals surface area (Å²) in [6.45, 7) is 7.99. The minimum absolute atomic E-state index is 0.0470. The topological polar surface area (TPSA) is 179 Å². The maximum Gasteiger partial charge on any atom is 0.359 e. The number of hydrogen-bond donors (Lipinski definition) is 1. The number of rotatable bonds is 24. The second-order valence-corrected chi connectivity index (χ2v) is 25.3. The van der Waals surface area contributed by atoms with Crippen molar-refractivity contribution in [3.8, 4) is 17.1 Å². The first-order valence-electron chi connectivity index (χ1n) is 34.9. The molecule has 0 aliphatic rings. The molecule has 0 unspecified atom stereocenters. The molecule has 1 N–H and O–H groups in total. The molecule has 107 heavy (non-hydrogen) atoms. The number of aromatic nitrogens is 6. The molecule has 15 rings (SSSR count). The number of esters is 3. The lowest BCUT2D eigenvalue weighted by atomic mass is 10.1. The van der Waals surface area contributed by atoms with E-state index in [0.717, 1.165) is 95.3 Å². The molecule has 0 amide bonds. The van der Waals surface area contributed by atoms with Crippen LogP contribution in [0.3, 0.4) is 0 Å². The molecule has 0 aliphatic heterocycles. The third kappa shape index (κ3) is 17.6. The molecule has 3 aromatic heterocycles. The second-order valence-electron chi connectivity index (χ2n) is 25.3. The number of carbonyl (C=O) groups is 4. The van der Waals surface area contributed by atoms with Crippen LogP contribution in [0, 0.1) is 0 Å². The maximum absolute atomic E-state index is 12.9. The Kier molecular flexibility index (Phi) is 23.0. The van der Waals surface area contributed by atoms with Crippen LogP contribution < -0.4 is 14.7 Å². The van der Waals surface area contributed by atoms with Crippen LogP contribution >= 0.6 is 0 Å². The number of carboxylic acid groups (broad SMARTS) is 1. The number of aromatic carboxylic acids is 1. The van der Waals surface area contributed by atoms with E-state index in [1.807, 2.05) is 140 Å². The van der Waals surface area contributed by atoms with Gasteiger partial charge in [-0.1, -0.05) is 243 Å². The van der Waals surface area contributed by atoms with Gasteiger partial charge in [0, 0.05) is 72.5 Å². The number of benzene rings is 12. The van der Waals surface area contributed by atoms with Gasteiger partial charge in [-0.05, 0) is 124 Å². The predicted octanol–water partition coefficient (Wildman–Crippen LogP) is 18.1. The number of anilines is 3. The van der Waals surface area contributed by atoms with E-state index in [2.05, 4.69) is 223 Å². The molecule has 0 aliphatic carbocycles. The molecule has 0 spiro atoms. The van der Waals surface area contributed by atoms with Gasteiger partial charge in [0.2, 0.25) is 0 Å². The van der Waals surface area contributed by atoms with Crippen molar-refractivity contribution in [1.29, 1.82) is 0 Å². The highest BCUT2D eigenvalue weighted by Crippen LogP contribution is 2.31. The molecule has 0 radical (unpaired) electrons. The highest BCUT2D eigenvalue weighted by molar-refractivity contribution is 6.04. The van der Waals surface area contributed by atoms with Crippen LogP contribution in [0.2, 0.25) is 0 Å². The molecule has 3 heterocycles. The minimum atomic E-state index is -1.03. The normalized spacial score (nSPS) is 10.8. The molecule has 12 aromatic carbocycles. The van der Waals surface area contributed by atoms with Crippen LogP contribution in [0.25, 0.3) is 49.8 Å². The van der Waals surface area contributed by atoms with Crippen molar-refractivity contribution < 1.29 is 38.5 Å². The van der Waals surface area contributed by atoms with E-state index in [-0.39, 0.29) is 23.6 Å². The summed E-state index contributed by atoms with van der Waals surface area (Å²) in [4.78, 5) is 55.5. The van der Waals surface area contributed by atoms with Crippen molar-refractivity contribution in [1.82, 2.24) is 29.3 Å². The summed E-state index contributed by atoms with van der Waals surface area (Å²) in [5.74, 6) is -2.74. The Balaban J connectivity index is 0.000000143. The van der Waals surface area contributed by atoms with E-state index in [1.54, 1.807) is 20.1 Å². The standard InChI is InChI=1S/C33H29N3O4.C29H25N3O2.C28H23N3O2/c1-24(32(37)39-2)23-40-33(38)31-29-15-9-10-16-30(29)36(34-31)28-19-17-27(18-20-28)35(21-25-11-5-3-6-12-25)22-26-13-7-4-8-14-26;1-34-29(33)28-26-14-8-9-15-27(26)32(30-28)25-18-16-24(17-19-25)31(20-22-10-4-2-5-11-22)21-23-12-6-3-7-13-23;32-28(33)27-25-13-7-8-14-26(25)31(29-27)24-17-15-23(16-18-24)30(19-21-9-3-1-4-10-21)20-22-11-5-2-6-12-22/h3-20H,1,21-23H2,2H3;2-19H,20-21H2,1H3;1-18H,19-20H2,(H,32,33). The molecule has 0 bridgehead atoms. The first-order valence-corrected chi connectivity index (χ1v) is 34.9. The Bertz CT molecular complexity index is 5360. The molecule has 17 nitrogen and oxygen atoms in total. The summed E-state index contributed by atoms with van der Waals surface area (Å²) >= 11 is 0. The summed E-state index contributed by atoms with van der Waals surface area (Å²) in [6, 6.07) is 110. The molecular formula is C90H77N9O8. The highest BCUT2D eigenvalue weighted by Gasteiger charge is 2.24. The minimum Gasteiger partial charge on any atom is -0.476 e. The number of nitrogens with zero attached hydrogens (tertiary/aromatic N) is 9. The highest BCUT2D eigenvalue weighted by atomic mass is 16.5. The average molecular weight is 1410 g/mol. The van der Waals surface area contributed by atoms with Crippen molar-refractivity contribution >= 4 is 73.6 Å². The van der Waals surface area contributed by atoms with E-state index in [9.17, 15) is 24.3 Å². The van der Waals surface area contributed by atoms with Crippen LogP contribution in [0.4, 0.5) is 17.1 Å². The fraction of sp³-hybridized carbons (Fsp3) is 0.100. The Morgan fingerprint density at radius 2 is 0.579 bits per heavy atom. The maximum atomic E-state index is 12.9. The second kappa shape index (κ2) is 34.4. The molecule has 17 heteroatoms. The molecule has 0 saturated heterocycles. The fourth-order valence-corrected chi connectivity index (χ4v) is 12.7. The summed E-state index contributed by atoms with van der Waals surface area (Å²) in [6.07, 6.45) is 0. The van der Waals surface area contributed by atoms with E-state index >= 15 is 0 Å². The molecule has 0 fully saturated rings. The quantitative estimate of drug-likeness (QED) is 0.0343. The van der Waals surface area contributed by atoms with E-state index in [4.69, 9.17) is 9.47 Å². The van der Waals surface area contributed by atoms with Crippen LogP contribution in [-0.2, 0) is 58.3 Å². The van der Waals surface area contributed by atoms with Gasteiger partial charge in [-0.15, -0.1) is 0 Å². The van der Waals surface area contributed by atoms with Gasteiger partial charge in [0.15, 0.2) is 17.1 Å². The Labute approximate surface area is 620 Å². The average Bonchev–Trinajstić information content (AvgIpc) is 1.64. The summed E-state index contributed by atoms with van der Waals surface area (Å²) in [5, 5.41) is 25.1. The van der Waals surface area contributed by atoms with Crippen molar-refractivity contribution in [2.75, 3.05) is 35.5 Å². The SMILES string of the molecule is C=C(COC(=O)c1nn(-c2ccc(N(Cc3ccccc3)Cc3ccccc3)cc2)c2ccccc12)C(=O)OC.COC(=O)c1nn(-c2ccc(N(Cc3ccccc3)Cc3ccccc3)cc2)c2ccccc12.O=C(O)c1nn(-c2ccc(N(Cc3ccccc3)Cc3ccccc3)cc2)c2ccccc12. The Morgan fingerprint density at radius 3 is 0.850 bits per heavy atom. The molecule has 0 atom stereocenters. The Morgan fingerprint density at radius 1 is 0.327 bits per heavy atom. The summed E-state index contributed by atoms with van der Waals surface area (Å²) in [7, 11) is 2.62. The smallest absolute Gasteiger partial charge is 0.359 e. The van der Waals surface area contributed by atoms with E-state index in [1.165, 1.54) is 47.6 Å². The monoisotopic (exact) mass is 1410 g/mol. The van der Waals surface area contributed by atoms with Crippen molar-refractivity contribution in [3.05, 3.63) is 390 Å². The number of methoxy groups -OCH3 is 2. The number of para-hydroxylation sites is 3. The molecule has 15 aromatic rings. The molecule has 0 saturated carbocycles. The summed E-state index contributed by atoms with van der Waals surface area (Å²) < 4.78 is 20.1. The molecular weight excluding hydrogens is 1340 g/mol. The summed E-state index contributed by atoms with van der Waals surface area (Å²) in [5.41, 5.74) is 16.2. The first kappa shape index (κ1) is 71.5. The third-order valence-electron chi connectivity index (χ3n) is 18.1.